The van der Waals surface area contributed by atoms with Gasteiger partial charge in [-0.15, -0.1) is 0 Å². The van der Waals surface area contributed by atoms with Crippen LogP contribution < -0.4 is 5.73 Å². The molecule has 2 rings (SSSR count). The van der Waals surface area contributed by atoms with Gasteiger partial charge >= 0.3 is 0 Å². The van der Waals surface area contributed by atoms with Gasteiger partial charge in [-0.25, -0.2) is 0 Å². The molecule has 3 heteroatoms. The van der Waals surface area contributed by atoms with Crippen molar-refractivity contribution in [3.05, 3.63) is 0 Å². The molecule has 0 radical (unpaired) electrons. The van der Waals surface area contributed by atoms with Crippen LogP contribution in [0.5, 0.6) is 0 Å². The first-order chi connectivity index (χ1) is 8.80. The van der Waals surface area contributed by atoms with Gasteiger partial charge in [-0.05, 0) is 37.5 Å². The summed E-state index contributed by atoms with van der Waals surface area (Å²) in [6, 6.07) is 0.656. The quantitative estimate of drug-likeness (QED) is 0.843. The van der Waals surface area contributed by atoms with Crippen molar-refractivity contribution in [1.29, 1.82) is 0 Å². The van der Waals surface area contributed by atoms with Gasteiger partial charge in [-0.1, -0.05) is 27.7 Å². The van der Waals surface area contributed by atoms with Crippen LogP contribution in [-0.4, -0.2) is 40.6 Å². The minimum Gasteiger partial charge on any atom is -0.329 e. The smallest absolute Gasteiger partial charge is 0.0342 e. The predicted molar refractivity (Wildman–Crippen MR) is 86.7 cm³/mol. The summed E-state index contributed by atoms with van der Waals surface area (Å²) >= 11 is 2.12. The molecule has 0 aromatic rings. The zero-order valence-electron chi connectivity index (χ0n) is 13.4. The molecule has 0 aromatic carbocycles. The maximum atomic E-state index is 6.31. The Balaban J connectivity index is 2.25. The van der Waals surface area contributed by atoms with Crippen LogP contribution in [-0.2, 0) is 0 Å². The molecule has 4 atom stereocenters. The van der Waals surface area contributed by atoms with Crippen LogP contribution >= 0.6 is 11.8 Å². The second-order valence-electron chi connectivity index (χ2n) is 7.79. The normalized spacial score (nSPS) is 44.2. The van der Waals surface area contributed by atoms with Gasteiger partial charge in [-0.3, -0.25) is 4.90 Å². The molecule has 1 aliphatic carbocycles. The van der Waals surface area contributed by atoms with Crippen LogP contribution in [0.2, 0.25) is 0 Å². The largest absolute Gasteiger partial charge is 0.329 e. The number of hydrogen-bond donors (Lipinski definition) is 1. The first-order valence-electron chi connectivity index (χ1n) is 7.88. The minimum atomic E-state index is 0.246. The Morgan fingerprint density at radius 1 is 1.21 bits per heavy atom. The van der Waals surface area contributed by atoms with Gasteiger partial charge in [0, 0.05) is 35.7 Å². The summed E-state index contributed by atoms with van der Waals surface area (Å²) in [6.07, 6.45) is 3.90. The van der Waals surface area contributed by atoms with E-state index in [4.69, 9.17) is 5.73 Å². The fourth-order valence-corrected chi connectivity index (χ4v) is 5.89. The van der Waals surface area contributed by atoms with Gasteiger partial charge in [0.1, 0.15) is 0 Å². The fraction of sp³-hybridized carbons (Fsp3) is 1.00. The SMILES string of the molecule is CC1CC(C)(C)CC(CN)(N2CCSC(C)C2C)C1. The second-order valence-corrected chi connectivity index (χ2v) is 9.28. The highest BCUT2D eigenvalue weighted by molar-refractivity contribution is 8.00. The molecule has 19 heavy (non-hydrogen) atoms. The van der Waals surface area contributed by atoms with E-state index < -0.39 is 0 Å². The van der Waals surface area contributed by atoms with Gasteiger partial charge in [0.25, 0.3) is 0 Å². The van der Waals surface area contributed by atoms with Gasteiger partial charge < -0.3 is 5.73 Å². The summed E-state index contributed by atoms with van der Waals surface area (Å²) in [4.78, 5) is 2.77. The van der Waals surface area contributed by atoms with E-state index in [9.17, 15) is 0 Å². The maximum Gasteiger partial charge on any atom is 0.0342 e. The van der Waals surface area contributed by atoms with Crippen LogP contribution in [0, 0.1) is 11.3 Å². The van der Waals surface area contributed by atoms with Crippen molar-refractivity contribution in [2.24, 2.45) is 17.1 Å². The molecule has 2 aliphatic rings. The van der Waals surface area contributed by atoms with Crippen molar-refractivity contribution in [3.8, 4) is 0 Å². The van der Waals surface area contributed by atoms with Crippen molar-refractivity contribution in [2.45, 2.75) is 70.7 Å². The van der Waals surface area contributed by atoms with E-state index in [1.54, 1.807) is 0 Å². The third-order valence-corrected chi connectivity index (χ3v) is 6.65. The maximum absolute atomic E-state index is 6.31. The van der Waals surface area contributed by atoms with Crippen molar-refractivity contribution in [2.75, 3.05) is 18.8 Å². The molecular formula is C16H32N2S. The molecule has 1 saturated carbocycles. The highest BCUT2D eigenvalue weighted by atomic mass is 32.2. The van der Waals surface area contributed by atoms with Crippen molar-refractivity contribution in [1.82, 2.24) is 4.90 Å². The van der Waals surface area contributed by atoms with Crippen LogP contribution in [0.25, 0.3) is 0 Å². The molecular weight excluding hydrogens is 252 g/mol. The Hall–Kier alpha value is 0.270. The third-order valence-electron chi connectivity index (χ3n) is 5.31. The summed E-state index contributed by atoms with van der Waals surface area (Å²) in [5, 5.41) is 0.734. The number of hydrogen-bond acceptors (Lipinski definition) is 3. The average Bonchev–Trinajstić information content (AvgIpc) is 2.30. The highest BCUT2D eigenvalue weighted by Crippen LogP contribution is 2.48. The van der Waals surface area contributed by atoms with E-state index >= 15 is 0 Å². The number of nitrogens with zero attached hydrogens (tertiary/aromatic N) is 1. The number of nitrogens with two attached hydrogens (primary N) is 1. The third kappa shape index (κ3) is 3.14. The fourth-order valence-electron chi connectivity index (χ4n) is 4.79. The van der Waals surface area contributed by atoms with E-state index in [2.05, 4.69) is 51.3 Å². The Labute approximate surface area is 123 Å². The molecule has 2 N–H and O–H groups in total. The molecule has 2 fully saturated rings. The summed E-state index contributed by atoms with van der Waals surface area (Å²) in [5.41, 5.74) is 6.99. The van der Waals surface area contributed by atoms with E-state index in [0.717, 1.165) is 17.7 Å². The molecule has 0 aromatic heterocycles. The van der Waals surface area contributed by atoms with Crippen LogP contribution in [0.4, 0.5) is 0 Å². The van der Waals surface area contributed by atoms with Crippen molar-refractivity contribution in [3.63, 3.8) is 0 Å². The number of thioether (sulfide) groups is 1. The topological polar surface area (TPSA) is 29.3 Å². The van der Waals surface area contributed by atoms with Gasteiger partial charge in [0.2, 0.25) is 0 Å². The van der Waals surface area contributed by atoms with Crippen LogP contribution in [0.1, 0.15) is 53.9 Å². The molecule has 0 spiro atoms. The first-order valence-corrected chi connectivity index (χ1v) is 8.93. The minimum absolute atomic E-state index is 0.246. The van der Waals surface area contributed by atoms with E-state index in [-0.39, 0.29) is 5.54 Å². The summed E-state index contributed by atoms with van der Waals surface area (Å²) in [6.45, 7) is 14.1. The molecule has 0 amide bonds. The molecule has 1 aliphatic heterocycles. The summed E-state index contributed by atoms with van der Waals surface area (Å²) in [5.74, 6) is 2.06. The first kappa shape index (κ1) is 15.7. The Bertz CT molecular complexity index is 318. The standard InChI is InChI=1S/C16H32N2S/c1-12-8-15(4,5)10-16(9-12,11-17)18-6-7-19-14(3)13(18)2/h12-14H,6-11,17H2,1-5H3. The Kier molecular flexibility index (Phi) is 4.59. The lowest BCUT2D eigenvalue weighted by molar-refractivity contribution is -0.0306. The van der Waals surface area contributed by atoms with Crippen molar-refractivity contribution >= 4 is 11.8 Å². The molecule has 4 unspecified atom stereocenters. The van der Waals surface area contributed by atoms with E-state index in [0.29, 0.717) is 11.5 Å². The van der Waals surface area contributed by atoms with E-state index in [1.807, 2.05) is 0 Å². The van der Waals surface area contributed by atoms with Crippen LogP contribution in [0.3, 0.4) is 0 Å². The van der Waals surface area contributed by atoms with Crippen LogP contribution in [0.15, 0.2) is 0 Å². The molecule has 1 heterocycles. The molecule has 112 valence electrons. The summed E-state index contributed by atoms with van der Waals surface area (Å²) in [7, 11) is 0. The zero-order chi connectivity index (χ0) is 14.3. The zero-order valence-corrected chi connectivity index (χ0v) is 14.2. The van der Waals surface area contributed by atoms with Gasteiger partial charge in [0.05, 0.1) is 0 Å². The van der Waals surface area contributed by atoms with Crippen molar-refractivity contribution < 1.29 is 0 Å². The van der Waals surface area contributed by atoms with Gasteiger partial charge in [-0.2, -0.15) is 11.8 Å². The van der Waals surface area contributed by atoms with E-state index in [1.165, 1.54) is 31.6 Å². The lowest BCUT2D eigenvalue weighted by Crippen LogP contribution is -2.64. The highest BCUT2D eigenvalue weighted by Gasteiger charge is 2.48. The molecule has 0 bridgehead atoms. The second kappa shape index (κ2) is 5.57. The monoisotopic (exact) mass is 284 g/mol. The Morgan fingerprint density at radius 2 is 1.89 bits per heavy atom. The predicted octanol–water partition coefficient (Wildman–Crippen LogP) is 3.36. The Morgan fingerprint density at radius 3 is 2.47 bits per heavy atom. The molecule has 1 saturated heterocycles. The van der Waals surface area contributed by atoms with Gasteiger partial charge in [0.15, 0.2) is 0 Å². The molecule has 2 nitrogen and oxygen atoms in total. The summed E-state index contributed by atoms with van der Waals surface area (Å²) < 4.78 is 0. The average molecular weight is 285 g/mol. The lowest BCUT2D eigenvalue weighted by Gasteiger charge is -2.57. The lowest BCUT2D eigenvalue weighted by atomic mass is 9.63. The number of rotatable bonds is 2.